The summed E-state index contributed by atoms with van der Waals surface area (Å²) in [5, 5.41) is 4.41. The molecule has 5 heteroatoms. The van der Waals surface area contributed by atoms with Gasteiger partial charge in [-0.15, -0.1) is 0 Å². The van der Waals surface area contributed by atoms with Crippen LogP contribution in [0.4, 0.5) is 0 Å². The highest BCUT2D eigenvalue weighted by Gasteiger charge is 2.25. The molecule has 4 nitrogen and oxygen atoms in total. The summed E-state index contributed by atoms with van der Waals surface area (Å²) in [6, 6.07) is -0.0162. The van der Waals surface area contributed by atoms with Crippen LogP contribution in [-0.2, 0) is 9.53 Å². The van der Waals surface area contributed by atoms with Crippen molar-refractivity contribution >= 4 is 21.9 Å². The fraction of sp³-hybridized carbons (Fsp3) is 0.636. The third-order valence-electron chi connectivity index (χ3n) is 2.92. The van der Waals surface area contributed by atoms with E-state index in [0.29, 0.717) is 0 Å². The van der Waals surface area contributed by atoms with Gasteiger partial charge < -0.3 is 4.74 Å². The largest absolute Gasteiger partial charge is 0.469 e. The number of carbonyl (C=O) groups is 1. The molecule has 0 saturated carbocycles. The number of ether oxygens (including phenoxy) is 1. The number of halogens is 1. The van der Waals surface area contributed by atoms with Crippen molar-refractivity contribution in [1.29, 1.82) is 0 Å². The zero-order valence-electron chi connectivity index (χ0n) is 10.2. The van der Waals surface area contributed by atoms with Gasteiger partial charge in [0.15, 0.2) is 0 Å². The standard InChI is InChI=1S/C11H17BrN2O2/c1-6(11(15)16-5)8(3)14-9(4)10(12)7(2)13-14/h6,8H,1-5H3. The highest BCUT2D eigenvalue weighted by atomic mass is 79.9. The van der Waals surface area contributed by atoms with Crippen LogP contribution in [0.15, 0.2) is 4.47 Å². The Morgan fingerprint density at radius 1 is 1.44 bits per heavy atom. The van der Waals surface area contributed by atoms with Crippen LogP contribution in [0.3, 0.4) is 0 Å². The molecule has 90 valence electrons. The van der Waals surface area contributed by atoms with Crippen LogP contribution in [0.2, 0.25) is 0 Å². The van der Waals surface area contributed by atoms with E-state index in [2.05, 4.69) is 21.0 Å². The molecule has 0 aliphatic heterocycles. The van der Waals surface area contributed by atoms with Gasteiger partial charge in [0.1, 0.15) is 0 Å². The summed E-state index contributed by atoms with van der Waals surface area (Å²) >= 11 is 3.47. The molecule has 0 aromatic carbocycles. The van der Waals surface area contributed by atoms with Crippen LogP contribution >= 0.6 is 15.9 Å². The Kier molecular flexibility index (Phi) is 4.13. The van der Waals surface area contributed by atoms with Gasteiger partial charge in [-0.25, -0.2) is 0 Å². The van der Waals surface area contributed by atoms with Crippen molar-refractivity contribution in [3.8, 4) is 0 Å². The van der Waals surface area contributed by atoms with Crippen LogP contribution in [0.25, 0.3) is 0 Å². The number of nitrogens with zero attached hydrogens (tertiary/aromatic N) is 2. The van der Waals surface area contributed by atoms with Crippen LogP contribution in [0, 0.1) is 19.8 Å². The predicted molar refractivity (Wildman–Crippen MR) is 65.3 cm³/mol. The topological polar surface area (TPSA) is 44.1 Å². The van der Waals surface area contributed by atoms with Gasteiger partial charge in [-0.05, 0) is 43.6 Å². The Bertz CT molecular complexity index is 401. The monoisotopic (exact) mass is 288 g/mol. The minimum atomic E-state index is -0.213. The third-order valence-corrected chi connectivity index (χ3v) is 4.07. The first kappa shape index (κ1) is 13.2. The fourth-order valence-corrected chi connectivity index (χ4v) is 1.90. The van der Waals surface area contributed by atoms with Gasteiger partial charge in [0, 0.05) is 0 Å². The maximum Gasteiger partial charge on any atom is 0.310 e. The highest BCUT2D eigenvalue weighted by Crippen LogP contribution is 2.26. The second-order valence-corrected chi connectivity index (χ2v) is 4.77. The number of aromatic nitrogens is 2. The van der Waals surface area contributed by atoms with Crippen molar-refractivity contribution in [1.82, 2.24) is 9.78 Å². The molecule has 0 aliphatic rings. The van der Waals surface area contributed by atoms with E-state index in [1.54, 1.807) is 0 Å². The van der Waals surface area contributed by atoms with Crippen molar-refractivity contribution < 1.29 is 9.53 Å². The van der Waals surface area contributed by atoms with E-state index in [1.807, 2.05) is 32.4 Å². The summed E-state index contributed by atoms with van der Waals surface area (Å²) in [5.74, 6) is -0.425. The zero-order valence-corrected chi connectivity index (χ0v) is 11.8. The lowest BCUT2D eigenvalue weighted by atomic mass is 10.0. The van der Waals surface area contributed by atoms with Crippen molar-refractivity contribution in [2.75, 3.05) is 7.11 Å². The molecule has 0 aliphatic carbocycles. The molecule has 0 saturated heterocycles. The molecular formula is C11H17BrN2O2. The number of rotatable bonds is 3. The van der Waals surface area contributed by atoms with E-state index in [-0.39, 0.29) is 17.9 Å². The average Bonchev–Trinajstić information content (AvgIpc) is 2.54. The Labute approximate surface area is 104 Å². The minimum absolute atomic E-state index is 0.0162. The first-order chi connectivity index (χ1) is 7.40. The summed E-state index contributed by atoms with van der Waals surface area (Å²) in [6.45, 7) is 7.72. The predicted octanol–water partition coefficient (Wildman–Crippen LogP) is 2.63. The first-order valence-corrected chi connectivity index (χ1v) is 5.98. The summed E-state index contributed by atoms with van der Waals surface area (Å²) in [4.78, 5) is 11.5. The maximum absolute atomic E-state index is 11.5. The van der Waals surface area contributed by atoms with Crippen molar-refractivity contribution in [2.45, 2.75) is 33.7 Å². The second kappa shape index (κ2) is 4.99. The van der Waals surface area contributed by atoms with Crippen LogP contribution in [0.5, 0.6) is 0 Å². The fourth-order valence-electron chi connectivity index (χ4n) is 1.63. The van der Waals surface area contributed by atoms with Gasteiger partial charge in [-0.3, -0.25) is 9.48 Å². The molecule has 1 heterocycles. The molecule has 0 radical (unpaired) electrons. The normalized spacial score (nSPS) is 14.6. The number of aryl methyl sites for hydroxylation is 1. The zero-order chi connectivity index (χ0) is 12.5. The number of carbonyl (C=O) groups excluding carboxylic acids is 1. The van der Waals surface area contributed by atoms with E-state index in [4.69, 9.17) is 4.74 Å². The van der Waals surface area contributed by atoms with Gasteiger partial charge in [-0.1, -0.05) is 0 Å². The van der Waals surface area contributed by atoms with Crippen LogP contribution < -0.4 is 0 Å². The van der Waals surface area contributed by atoms with E-state index in [1.165, 1.54) is 7.11 Å². The summed E-state index contributed by atoms with van der Waals surface area (Å²) in [7, 11) is 1.41. The van der Waals surface area contributed by atoms with Crippen molar-refractivity contribution in [3.05, 3.63) is 15.9 Å². The second-order valence-electron chi connectivity index (χ2n) is 3.98. The highest BCUT2D eigenvalue weighted by molar-refractivity contribution is 9.10. The Balaban J connectivity index is 3.00. The summed E-state index contributed by atoms with van der Waals surface area (Å²) in [5.41, 5.74) is 1.96. The van der Waals surface area contributed by atoms with Crippen molar-refractivity contribution in [3.63, 3.8) is 0 Å². The van der Waals surface area contributed by atoms with E-state index in [0.717, 1.165) is 15.9 Å². The molecule has 2 unspecified atom stereocenters. The quantitative estimate of drug-likeness (QED) is 0.803. The van der Waals surface area contributed by atoms with Gasteiger partial charge in [0.05, 0.1) is 34.9 Å². The number of esters is 1. The smallest absolute Gasteiger partial charge is 0.310 e. The maximum atomic E-state index is 11.5. The molecule has 1 rings (SSSR count). The van der Waals surface area contributed by atoms with Gasteiger partial charge in [0.2, 0.25) is 0 Å². The molecule has 0 amide bonds. The molecular weight excluding hydrogens is 272 g/mol. The SMILES string of the molecule is COC(=O)C(C)C(C)n1nc(C)c(Br)c1C. The molecule has 0 N–H and O–H groups in total. The van der Waals surface area contributed by atoms with Gasteiger partial charge in [-0.2, -0.15) is 5.10 Å². The average molecular weight is 289 g/mol. The van der Waals surface area contributed by atoms with E-state index >= 15 is 0 Å². The first-order valence-electron chi connectivity index (χ1n) is 5.19. The molecule has 0 spiro atoms. The number of hydrogen-bond acceptors (Lipinski definition) is 3. The molecule has 16 heavy (non-hydrogen) atoms. The van der Waals surface area contributed by atoms with Crippen molar-refractivity contribution in [2.24, 2.45) is 5.92 Å². The molecule has 2 atom stereocenters. The Hall–Kier alpha value is -0.840. The lowest BCUT2D eigenvalue weighted by Crippen LogP contribution is -2.24. The van der Waals surface area contributed by atoms with Crippen LogP contribution in [-0.4, -0.2) is 22.9 Å². The van der Waals surface area contributed by atoms with Gasteiger partial charge >= 0.3 is 5.97 Å². The minimum Gasteiger partial charge on any atom is -0.469 e. The molecule has 1 aromatic rings. The summed E-state index contributed by atoms with van der Waals surface area (Å²) < 4.78 is 7.60. The number of methoxy groups -OCH3 is 1. The van der Waals surface area contributed by atoms with E-state index in [9.17, 15) is 4.79 Å². The number of hydrogen-bond donors (Lipinski definition) is 0. The van der Waals surface area contributed by atoms with Gasteiger partial charge in [0.25, 0.3) is 0 Å². The molecule has 0 bridgehead atoms. The molecule has 1 aromatic heterocycles. The Morgan fingerprint density at radius 3 is 2.38 bits per heavy atom. The molecule has 0 fully saturated rings. The Morgan fingerprint density at radius 2 is 2.00 bits per heavy atom. The van der Waals surface area contributed by atoms with Crippen LogP contribution in [0.1, 0.15) is 31.3 Å². The lowest BCUT2D eigenvalue weighted by molar-refractivity contribution is -0.146. The third kappa shape index (κ3) is 2.29. The van der Waals surface area contributed by atoms with E-state index < -0.39 is 0 Å². The lowest BCUT2D eigenvalue weighted by Gasteiger charge is -2.19. The summed E-state index contributed by atoms with van der Waals surface area (Å²) in [6.07, 6.45) is 0.